The summed E-state index contributed by atoms with van der Waals surface area (Å²) in [5.41, 5.74) is 0. The minimum Gasteiger partial charge on any atom is -0.383 e. The van der Waals surface area contributed by atoms with E-state index in [0.717, 1.165) is 19.7 Å². The molecule has 0 fully saturated rings. The molecule has 0 aliphatic heterocycles. The molecule has 0 bridgehead atoms. The highest BCUT2D eigenvalue weighted by Gasteiger charge is 1.76. The standard InChI is InChI=1S/C5H13NO.2C2H6/c1-3-6-4-5-7-2;2*1-2/h6H,3-5H2,1-2H3;2*1-2H3. The van der Waals surface area contributed by atoms with Crippen molar-refractivity contribution in [1.82, 2.24) is 5.32 Å². The topological polar surface area (TPSA) is 21.3 Å². The molecule has 0 aromatic rings. The van der Waals surface area contributed by atoms with Crippen LogP contribution in [0.4, 0.5) is 0 Å². The lowest BCUT2D eigenvalue weighted by Gasteiger charge is -1.96. The molecule has 0 radical (unpaired) electrons. The smallest absolute Gasteiger partial charge is 0.0587 e. The molecule has 0 unspecified atom stereocenters. The molecular formula is C9H25NO. The number of nitrogens with one attached hydrogen (secondary N) is 1. The maximum absolute atomic E-state index is 4.78. The van der Waals surface area contributed by atoms with Crippen molar-refractivity contribution in [1.29, 1.82) is 0 Å². The van der Waals surface area contributed by atoms with Gasteiger partial charge in [-0.05, 0) is 6.54 Å². The average molecular weight is 163 g/mol. The summed E-state index contributed by atoms with van der Waals surface area (Å²) < 4.78 is 4.78. The predicted molar refractivity (Wildman–Crippen MR) is 53.1 cm³/mol. The van der Waals surface area contributed by atoms with Gasteiger partial charge in [0.25, 0.3) is 0 Å². The molecule has 0 aromatic carbocycles. The zero-order valence-corrected chi connectivity index (χ0v) is 9.03. The van der Waals surface area contributed by atoms with Gasteiger partial charge in [-0.15, -0.1) is 0 Å². The fourth-order valence-electron chi connectivity index (χ4n) is 0.351. The summed E-state index contributed by atoms with van der Waals surface area (Å²) in [5.74, 6) is 0. The fraction of sp³-hybridized carbons (Fsp3) is 1.00. The summed E-state index contributed by atoms with van der Waals surface area (Å²) in [5, 5.41) is 3.12. The number of rotatable bonds is 4. The first-order chi connectivity index (χ1) is 5.41. The van der Waals surface area contributed by atoms with Gasteiger partial charge < -0.3 is 10.1 Å². The van der Waals surface area contributed by atoms with E-state index in [9.17, 15) is 0 Å². The summed E-state index contributed by atoms with van der Waals surface area (Å²) in [4.78, 5) is 0. The second kappa shape index (κ2) is 32.6. The van der Waals surface area contributed by atoms with Gasteiger partial charge in [-0.3, -0.25) is 0 Å². The summed E-state index contributed by atoms with van der Waals surface area (Å²) in [6.45, 7) is 12.9. The highest BCUT2D eigenvalue weighted by Crippen LogP contribution is 1.61. The molecule has 0 heterocycles. The van der Waals surface area contributed by atoms with E-state index in [2.05, 4.69) is 12.2 Å². The molecule has 11 heavy (non-hydrogen) atoms. The van der Waals surface area contributed by atoms with Crippen molar-refractivity contribution in [2.75, 3.05) is 26.8 Å². The van der Waals surface area contributed by atoms with E-state index in [-0.39, 0.29) is 0 Å². The minimum absolute atomic E-state index is 0.813. The molecule has 0 rings (SSSR count). The van der Waals surface area contributed by atoms with Crippen molar-refractivity contribution in [3.8, 4) is 0 Å². The summed E-state index contributed by atoms with van der Waals surface area (Å²) >= 11 is 0. The highest BCUT2D eigenvalue weighted by atomic mass is 16.5. The van der Waals surface area contributed by atoms with Crippen LogP contribution in [0.15, 0.2) is 0 Å². The van der Waals surface area contributed by atoms with Crippen LogP contribution in [-0.4, -0.2) is 26.8 Å². The Morgan fingerprint density at radius 2 is 1.55 bits per heavy atom. The summed E-state index contributed by atoms with van der Waals surface area (Å²) in [6.07, 6.45) is 0. The van der Waals surface area contributed by atoms with Gasteiger partial charge in [0, 0.05) is 13.7 Å². The van der Waals surface area contributed by atoms with Gasteiger partial charge in [0.15, 0.2) is 0 Å². The quantitative estimate of drug-likeness (QED) is 0.642. The molecule has 72 valence electrons. The second-order valence-corrected chi connectivity index (χ2v) is 1.35. The molecule has 0 spiro atoms. The van der Waals surface area contributed by atoms with Crippen LogP contribution in [0.25, 0.3) is 0 Å². The first-order valence-corrected chi connectivity index (χ1v) is 4.61. The first-order valence-electron chi connectivity index (χ1n) is 4.61. The largest absolute Gasteiger partial charge is 0.383 e. The third kappa shape index (κ3) is 40.5. The third-order valence-electron chi connectivity index (χ3n) is 0.733. The monoisotopic (exact) mass is 163 g/mol. The molecule has 1 N–H and O–H groups in total. The maximum Gasteiger partial charge on any atom is 0.0587 e. The fourth-order valence-corrected chi connectivity index (χ4v) is 0.351. The minimum atomic E-state index is 0.813. The number of methoxy groups -OCH3 is 1. The highest BCUT2D eigenvalue weighted by molar-refractivity contribution is 4.36. The Kier molecular flexibility index (Phi) is 50.8. The molecule has 0 atom stereocenters. The van der Waals surface area contributed by atoms with Crippen LogP contribution in [0, 0.1) is 0 Å². The van der Waals surface area contributed by atoms with Crippen molar-refractivity contribution in [2.45, 2.75) is 34.6 Å². The molecule has 0 aromatic heterocycles. The maximum atomic E-state index is 4.78. The molecule has 2 heteroatoms. The van der Waals surface area contributed by atoms with Crippen LogP contribution in [0.1, 0.15) is 34.6 Å². The van der Waals surface area contributed by atoms with Crippen LogP contribution in [0.3, 0.4) is 0 Å². The molecule has 0 aliphatic carbocycles. The summed E-state index contributed by atoms with van der Waals surface area (Å²) in [7, 11) is 1.71. The molecule has 0 aliphatic rings. The van der Waals surface area contributed by atoms with Gasteiger partial charge in [0.05, 0.1) is 6.61 Å². The van der Waals surface area contributed by atoms with E-state index in [1.165, 1.54) is 0 Å². The number of likely N-dealkylation sites (N-methyl/N-ethyl adjacent to an activating group) is 1. The van der Waals surface area contributed by atoms with E-state index in [0.29, 0.717) is 0 Å². The van der Waals surface area contributed by atoms with E-state index < -0.39 is 0 Å². The van der Waals surface area contributed by atoms with Crippen LogP contribution in [0.5, 0.6) is 0 Å². The van der Waals surface area contributed by atoms with Gasteiger partial charge in [-0.1, -0.05) is 34.6 Å². The Morgan fingerprint density at radius 3 is 1.82 bits per heavy atom. The van der Waals surface area contributed by atoms with Crippen molar-refractivity contribution in [2.24, 2.45) is 0 Å². The van der Waals surface area contributed by atoms with E-state index in [1.807, 2.05) is 27.7 Å². The molecule has 0 saturated carbocycles. The zero-order chi connectivity index (χ0) is 9.54. The predicted octanol–water partition coefficient (Wildman–Crippen LogP) is 2.29. The zero-order valence-electron chi connectivity index (χ0n) is 9.03. The molecular weight excluding hydrogens is 138 g/mol. The van der Waals surface area contributed by atoms with Gasteiger partial charge in [0.2, 0.25) is 0 Å². The molecule has 0 saturated heterocycles. The third-order valence-corrected chi connectivity index (χ3v) is 0.733. The van der Waals surface area contributed by atoms with Gasteiger partial charge in [0.1, 0.15) is 0 Å². The molecule has 2 nitrogen and oxygen atoms in total. The van der Waals surface area contributed by atoms with Crippen LogP contribution >= 0.6 is 0 Å². The lowest BCUT2D eigenvalue weighted by molar-refractivity contribution is 0.200. The van der Waals surface area contributed by atoms with E-state index >= 15 is 0 Å². The summed E-state index contributed by atoms with van der Waals surface area (Å²) in [6, 6.07) is 0. The van der Waals surface area contributed by atoms with Gasteiger partial charge in [-0.2, -0.15) is 0 Å². The van der Waals surface area contributed by atoms with Crippen LogP contribution < -0.4 is 5.32 Å². The lowest BCUT2D eigenvalue weighted by Crippen LogP contribution is -2.17. The van der Waals surface area contributed by atoms with Crippen LogP contribution in [-0.2, 0) is 4.74 Å². The van der Waals surface area contributed by atoms with Crippen molar-refractivity contribution in [3.05, 3.63) is 0 Å². The van der Waals surface area contributed by atoms with Gasteiger partial charge in [-0.25, -0.2) is 0 Å². The second-order valence-electron chi connectivity index (χ2n) is 1.35. The van der Waals surface area contributed by atoms with Gasteiger partial charge >= 0.3 is 0 Å². The Hall–Kier alpha value is -0.0800. The number of ether oxygens (including phenoxy) is 1. The average Bonchev–Trinajstić information content (AvgIpc) is 2.13. The Bertz CT molecular complexity index is 28.7. The number of hydrogen-bond donors (Lipinski definition) is 1. The normalized spacial score (nSPS) is 7.09. The Balaban J connectivity index is -0.000000138. The van der Waals surface area contributed by atoms with E-state index in [1.54, 1.807) is 7.11 Å². The first kappa shape index (κ1) is 17.1. The lowest BCUT2D eigenvalue weighted by atomic mass is 10.6. The van der Waals surface area contributed by atoms with E-state index in [4.69, 9.17) is 4.74 Å². The molecule has 0 amide bonds. The SMILES string of the molecule is CC.CC.CCNCCOC. The van der Waals surface area contributed by atoms with Crippen molar-refractivity contribution >= 4 is 0 Å². The van der Waals surface area contributed by atoms with Crippen molar-refractivity contribution < 1.29 is 4.74 Å². The van der Waals surface area contributed by atoms with Crippen molar-refractivity contribution in [3.63, 3.8) is 0 Å². The Labute approximate surface area is 72.3 Å². The Morgan fingerprint density at radius 1 is 1.09 bits per heavy atom. The van der Waals surface area contributed by atoms with Crippen LogP contribution in [0.2, 0.25) is 0 Å². The number of hydrogen-bond acceptors (Lipinski definition) is 2.